The summed E-state index contributed by atoms with van der Waals surface area (Å²) in [6.07, 6.45) is 0. The van der Waals surface area contributed by atoms with Crippen LogP contribution < -0.4 is 5.32 Å². The quantitative estimate of drug-likeness (QED) is 0.704. The lowest BCUT2D eigenvalue weighted by Crippen LogP contribution is -2.34. The van der Waals surface area contributed by atoms with Crippen molar-refractivity contribution >= 4 is 17.5 Å². The standard InChI is InChI=1S/C21H23ClN4O/c1-15-19(20(22)26(24-15)17-12-8-5-9-13-17)21(27)23-14-18(25(2)3)16-10-6-4-7-11-16/h4-13,18H,14H2,1-3H3,(H,23,27). The molecule has 0 fully saturated rings. The van der Waals surface area contributed by atoms with E-state index < -0.39 is 0 Å². The number of nitrogens with one attached hydrogen (secondary N) is 1. The molecule has 0 aliphatic heterocycles. The van der Waals surface area contributed by atoms with Gasteiger partial charge in [0.25, 0.3) is 5.91 Å². The van der Waals surface area contributed by atoms with Crippen LogP contribution in [0.15, 0.2) is 60.7 Å². The van der Waals surface area contributed by atoms with E-state index >= 15 is 0 Å². The van der Waals surface area contributed by atoms with Gasteiger partial charge in [0, 0.05) is 6.54 Å². The number of carbonyl (C=O) groups is 1. The smallest absolute Gasteiger partial charge is 0.256 e. The topological polar surface area (TPSA) is 50.2 Å². The fourth-order valence-corrected chi connectivity index (χ4v) is 3.41. The molecule has 0 aliphatic rings. The van der Waals surface area contributed by atoms with E-state index in [0.29, 0.717) is 23.0 Å². The lowest BCUT2D eigenvalue weighted by Gasteiger charge is -2.25. The van der Waals surface area contributed by atoms with E-state index in [0.717, 1.165) is 11.3 Å². The number of aryl methyl sites for hydroxylation is 1. The predicted octanol–water partition coefficient (Wildman–Crippen LogP) is 3.87. The third-order valence-corrected chi connectivity index (χ3v) is 4.84. The van der Waals surface area contributed by atoms with Crippen LogP contribution in [0.1, 0.15) is 27.7 Å². The molecule has 1 aromatic heterocycles. The second kappa shape index (κ2) is 8.37. The molecule has 0 saturated heterocycles. The van der Waals surface area contributed by atoms with Crippen LogP contribution in [-0.2, 0) is 0 Å². The van der Waals surface area contributed by atoms with Crippen LogP contribution in [0.25, 0.3) is 5.69 Å². The number of benzene rings is 2. The number of amides is 1. The van der Waals surface area contributed by atoms with Crippen molar-refractivity contribution in [1.29, 1.82) is 0 Å². The molecule has 6 heteroatoms. The molecule has 0 aliphatic carbocycles. The summed E-state index contributed by atoms with van der Waals surface area (Å²) in [5, 5.41) is 7.76. The minimum Gasteiger partial charge on any atom is -0.350 e. The summed E-state index contributed by atoms with van der Waals surface area (Å²) in [6, 6.07) is 19.7. The average Bonchev–Trinajstić information content (AvgIpc) is 2.97. The first-order valence-corrected chi connectivity index (χ1v) is 9.17. The summed E-state index contributed by atoms with van der Waals surface area (Å²) in [6.45, 7) is 2.27. The maximum atomic E-state index is 12.8. The number of hydrogen-bond acceptors (Lipinski definition) is 3. The van der Waals surface area contributed by atoms with Crippen LogP contribution in [0.4, 0.5) is 0 Å². The number of hydrogen-bond donors (Lipinski definition) is 1. The van der Waals surface area contributed by atoms with Gasteiger partial charge in [-0.1, -0.05) is 60.1 Å². The largest absolute Gasteiger partial charge is 0.350 e. The molecule has 1 atom stereocenters. The molecule has 140 valence electrons. The van der Waals surface area contributed by atoms with Crippen molar-refractivity contribution in [2.75, 3.05) is 20.6 Å². The Bertz CT molecular complexity index is 907. The molecular formula is C21H23ClN4O. The van der Waals surface area contributed by atoms with Gasteiger partial charge in [-0.05, 0) is 38.7 Å². The first kappa shape index (κ1) is 19.1. The van der Waals surface area contributed by atoms with Crippen molar-refractivity contribution < 1.29 is 4.79 Å². The second-order valence-electron chi connectivity index (χ2n) is 6.60. The summed E-state index contributed by atoms with van der Waals surface area (Å²) >= 11 is 6.48. The summed E-state index contributed by atoms with van der Waals surface area (Å²) in [5.74, 6) is -0.220. The highest BCUT2D eigenvalue weighted by Gasteiger charge is 2.22. The van der Waals surface area contributed by atoms with Crippen molar-refractivity contribution in [3.05, 3.63) is 82.6 Å². The Morgan fingerprint density at radius 1 is 1.11 bits per heavy atom. The Labute approximate surface area is 164 Å². The lowest BCUT2D eigenvalue weighted by molar-refractivity contribution is 0.0941. The highest BCUT2D eigenvalue weighted by molar-refractivity contribution is 6.33. The molecular weight excluding hydrogens is 360 g/mol. The lowest BCUT2D eigenvalue weighted by atomic mass is 10.1. The van der Waals surface area contributed by atoms with E-state index in [1.54, 1.807) is 11.6 Å². The molecule has 1 amide bonds. The van der Waals surface area contributed by atoms with E-state index in [4.69, 9.17) is 11.6 Å². The number of aromatic nitrogens is 2. The van der Waals surface area contributed by atoms with Gasteiger partial charge in [0.05, 0.1) is 23.0 Å². The van der Waals surface area contributed by atoms with Gasteiger partial charge < -0.3 is 10.2 Å². The minimum atomic E-state index is -0.220. The van der Waals surface area contributed by atoms with E-state index in [-0.39, 0.29) is 11.9 Å². The van der Waals surface area contributed by atoms with Gasteiger partial charge in [0.15, 0.2) is 0 Å². The molecule has 0 bridgehead atoms. The highest BCUT2D eigenvalue weighted by atomic mass is 35.5. The van der Waals surface area contributed by atoms with Crippen molar-refractivity contribution in [3.63, 3.8) is 0 Å². The molecule has 27 heavy (non-hydrogen) atoms. The molecule has 2 aromatic carbocycles. The molecule has 0 radical (unpaired) electrons. The van der Waals surface area contributed by atoms with Gasteiger partial charge in [-0.3, -0.25) is 4.79 Å². The SMILES string of the molecule is Cc1nn(-c2ccccc2)c(Cl)c1C(=O)NCC(c1ccccc1)N(C)C. The zero-order valence-electron chi connectivity index (χ0n) is 15.7. The zero-order chi connectivity index (χ0) is 19.4. The molecule has 1 heterocycles. The van der Waals surface area contributed by atoms with Crippen molar-refractivity contribution in [2.45, 2.75) is 13.0 Å². The second-order valence-corrected chi connectivity index (χ2v) is 6.96. The fraction of sp³-hybridized carbons (Fsp3) is 0.238. The van der Waals surface area contributed by atoms with Gasteiger partial charge in [-0.15, -0.1) is 0 Å². The summed E-state index contributed by atoms with van der Waals surface area (Å²) in [5.41, 5.74) is 2.97. The fourth-order valence-electron chi connectivity index (χ4n) is 3.05. The number of carbonyl (C=O) groups excluding carboxylic acids is 1. The third kappa shape index (κ3) is 4.21. The first-order chi connectivity index (χ1) is 13.0. The monoisotopic (exact) mass is 382 g/mol. The summed E-state index contributed by atoms with van der Waals surface area (Å²) < 4.78 is 1.59. The summed E-state index contributed by atoms with van der Waals surface area (Å²) in [7, 11) is 3.99. The van der Waals surface area contributed by atoms with Crippen molar-refractivity contribution in [2.24, 2.45) is 0 Å². The molecule has 5 nitrogen and oxygen atoms in total. The Morgan fingerprint density at radius 2 is 1.70 bits per heavy atom. The van der Waals surface area contributed by atoms with Crippen LogP contribution in [0, 0.1) is 6.92 Å². The van der Waals surface area contributed by atoms with Gasteiger partial charge in [-0.25, -0.2) is 4.68 Å². The number of likely N-dealkylation sites (N-methyl/N-ethyl adjacent to an activating group) is 1. The maximum absolute atomic E-state index is 12.8. The Hall–Kier alpha value is -2.63. The normalized spacial score (nSPS) is 12.2. The molecule has 0 saturated carbocycles. The Morgan fingerprint density at radius 3 is 2.30 bits per heavy atom. The number of nitrogens with zero attached hydrogens (tertiary/aromatic N) is 3. The van der Waals surface area contributed by atoms with Gasteiger partial charge in [-0.2, -0.15) is 5.10 Å². The van der Waals surface area contributed by atoms with Gasteiger partial charge >= 0.3 is 0 Å². The van der Waals surface area contributed by atoms with Crippen LogP contribution in [0.2, 0.25) is 5.15 Å². The molecule has 0 spiro atoms. The Kier molecular flexibility index (Phi) is 5.94. The van der Waals surface area contributed by atoms with Crippen LogP contribution in [0.5, 0.6) is 0 Å². The Balaban J connectivity index is 1.79. The van der Waals surface area contributed by atoms with E-state index in [1.807, 2.05) is 62.6 Å². The third-order valence-electron chi connectivity index (χ3n) is 4.50. The van der Waals surface area contributed by atoms with Crippen LogP contribution in [-0.4, -0.2) is 41.2 Å². The molecule has 1 unspecified atom stereocenters. The van der Waals surface area contributed by atoms with E-state index in [2.05, 4.69) is 27.4 Å². The van der Waals surface area contributed by atoms with Gasteiger partial charge in [0.1, 0.15) is 5.15 Å². The van der Waals surface area contributed by atoms with Gasteiger partial charge in [0.2, 0.25) is 0 Å². The predicted molar refractivity (Wildman–Crippen MR) is 109 cm³/mol. The number of rotatable bonds is 6. The highest BCUT2D eigenvalue weighted by Crippen LogP contribution is 2.24. The minimum absolute atomic E-state index is 0.0680. The molecule has 3 rings (SSSR count). The number of halogens is 1. The van der Waals surface area contributed by atoms with Crippen LogP contribution >= 0.6 is 11.6 Å². The first-order valence-electron chi connectivity index (χ1n) is 8.79. The summed E-state index contributed by atoms with van der Waals surface area (Å²) in [4.78, 5) is 14.9. The van der Waals surface area contributed by atoms with Crippen LogP contribution in [0.3, 0.4) is 0 Å². The zero-order valence-corrected chi connectivity index (χ0v) is 16.4. The van der Waals surface area contributed by atoms with E-state index in [9.17, 15) is 4.79 Å². The average molecular weight is 383 g/mol. The molecule has 3 aromatic rings. The van der Waals surface area contributed by atoms with Crippen molar-refractivity contribution in [1.82, 2.24) is 20.0 Å². The van der Waals surface area contributed by atoms with E-state index in [1.165, 1.54) is 0 Å². The number of para-hydroxylation sites is 1. The van der Waals surface area contributed by atoms with Crippen molar-refractivity contribution in [3.8, 4) is 5.69 Å². The molecule has 1 N–H and O–H groups in total. The maximum Gasteiger partial charge on any atom is 0.256 e.